The third kappa shape index (κ3) is 2.15. The first-order valence-electron chi connectivity index (χ1n) is 6.72. The standard InChI is InChI=1S/C15H18N4O/c1-9(2)15-17-13-7-11(16)4-5-14(13)19(15)8-12-6-10(3)20-18-12/h4-7,9H,8,16H2,1-3H3. The summed E-state index contributed by atoms with van der Waals surface area (Å²) >= 11 is 0. The summed E-state index contributed by atoms with van der Waals surface area (Å²) in [6.07, 6.45) is 0. The Balaban J connectivity index is 2.13. The van der Waals surface area contributed by atoms with Gasteiger partial charge in [0.05, 0.1) is 17.6 Å². The first kappa shape index (κ1) is 12.7. The van der Waals surface area contributed by atoms with Crippen molar-refractivity contribution in [2.75, 3.05) is 5.73 Å². The quantitative estimate of drug-likeness (QED) is 0.742. The Bertz CT molecular complexity index is 754. The number of hydrogen-bond donors (Lipinski definition) is 1. The minimum Gasteiger partial charge on any atom is -0.399 e. The maximum Gasteiger partial charge on any atom is 0.133 e. The van der Waals surface area contributed by atoms with E-state index in [2.05, 4.69) is 23.6 Å². The third-order valence-corrected chi connectivity index (χ3v) is 3.32. The van der Waals surface area contributed by atoms with Crippen molar-refractivity contribution in [3.63, 3.8) is 0 Å². The maximum absolute atomic E-state index is 5.84. The van der Waals surface area contributed by atoms with Gasteiger partial charge in [0.2, 0.25) is 0 Å². The second-order valence-electron chi connectivity index (χ2n) is 5.39. The van der Waals surface area contributed by atoms with E-state index >= 15 is 0 Å². The van der Waals surface area contributed by atoms with Crippen LogP contribution in [0.2, 0.25) is 0 Å². The molecule has 5 nitrogen and oxygen atoms in total. The molecule has 0 atom stereocenters. The molecule has 0 aliphatic carbocycles. The fourth-order valence-corrected chi connectivity index (χ4v) is 2.43. The largest absolute Gasteiger partial charge is 0.399 e. The van der Waals surface area contributed by atoms with Crippen LogP contribution >= 0.6 is 0 Å². The Morgan fingerprint density at radius 1 is 1.30 bits per heavy atom. The molecule has 0 saturated heterocycles. The maximum atomic E-state index is 5.84. The third-order valence-electron chi connectivity index (χ3n) is 3.32. The molecule has 2 aromatic heterocycles. The van der Waals surface area contributed by atoms with Crippen molar-refractivity contribution in [1.82, 2.24) is 14.7 Å². The van der Waals surface area contributed by atoms with Crippen LogP contribution in [0.25, 0.3) is 11.0 Å². The minimum absolute atomic E-state index is 0.330. The number of nitrogen functional groups attached to an aromatic ring is 1. The molecule has 0 fully saturated rings. The topological polar surface area (TPSA) is 69.9 Å². The van der Waals surface area contributed by atoms with Crippen molar-refractivity contribution < 1.29 is 4.52 Å². The van der Waals surface area contributed by atoms with Crippen molar-refractivity contribution in [1.29, 1.82) is 0 Å². The van der Waals surface area contributed by atoms with Gasteiger partial charge in [0.15, 0.2) is 0 Å². The summed E-state index contributed by atoms with van der Waals surface area (Å²) in [7, 11) is 0. The van der Waals surface area contributed by atoms with Gasteiger partial charge in [0, 0.05) is 17.7 Å². The van der Waals surface area contributed by atoms with Gasteiger partial charge in [-0.2, -0.15) is 0 Å². The summed E-state index contributed by atoms with van der Waals surface area (Å²) in [5, 5.41) is 4.07. The number of nitrogens with two attached hydrogens (primary N) is 1. The van der Waals surface area contributed by atoms with Gasteiger partial charge in [-0.3, -0.25) is 0 Å². The van der Waals surface area contributed by atoms with Crippen molar-refractivity contribution in [2.45, 2.75) is 33.2 Å². The number of benzene rings is 1. The van der Waals surface area contributed by atoms with Gasteiger partial charge < -0.3 is 14.8 Å². The first-order valence-corrected chi connectivity index (χ1v) is 6.72. The number of fused-ring (bicyclic) bond motifs is 1. The zero-order chi connectivity index (χ0) is 14.3. The summed E-state index contributed by atoms with van der Waals surface area (Å²) in [5.74, 6) is 2.18. The van der Waals surface area contributed by atoms with Gasteiger partial charge in [-0.1, -0.05) is 19.0 Å². The number of hydrogen-bond acceptors (Lipinski definition) is 4. The van der Waals surface area contributed by atoms with Crippen LogP contribution in [0.1, 0.15) is 37.0 Å². The molecular formula is C15H18N4O. The van der Waals surface area contributed by atoms with Crippen LogP contribution in [0, 0.1) is 6.92 Å². The molecule has 104 valence electrons. The number of aromatic nitrogens is 3. The molecule has 0 saturated carbocycles. The highest BCUT2D eigenvalue weighted by molar-refractivity contribution is 5.79. The Hall–Kier alpha value is -2.30. The summed E-state index contributed by atoms with van der Waals surface area (Å²) in [6.45, 7) is 6.82. The number of rotatable bonds is 3. The van der Waals surface area contributed by atoms with E-state index in [-0.39, 0.29) is 0 Å². The Morgan fingerprint density at radius 3 is 2.75 bits per heavy atom. The second kappa shape index (κ2) is 4.67. The molecule has 0 amide bonds. The fraction of sp³-hybridized carbons (Fsp3) is 0.333. The van der Waals surface area contributed by atoms with Crippen LogP contribution in [-0.4, -0.2) is 14.7 Å². The molecule has 20 heavy (non-hydrogen) atoms. The van der Waals surface area contributed by atoms with E-state index in [4.69, 9.17) is 15.2 Å². The average Bonchev–Trinajstić information content (AvgIpc) is 2.94. The molecule has 0 radical (unpaired) electrons. The number of imidazole rings is 1. The highest BCUT2D eigenvalue weighted by Gasteiger charge is 2.15. The smallest absolute Gasteiger partial charge is 0.133 e. The Morgan fingerprint density at radius 2 is 2.10 bits per heavy atom. The van der Waals surface area contributed by atoms with Gasteiger partial charge in [0.1, 0.15) is 17.3 Å². The van der Waals surface area contributed by atoms with E-state index < -0.39 is 0 Å². The first-order chi connectivity index (χ1) is 9.54. The van der Waals surface area contributed by atoms with Crippen LogP contribution in [0.5, 0.6) is 0 Å². The van der Waals surface area contributed by atoms with Gasteiger partial charge in [0.25, 0.3) is 0 Å². The summed E-state index contributed by atoms with van der Waals surface area (Å²) in [6, 6.07) is 7.77. The van der Waals surface area contributed by atoms with Gasteiger partial charge >= 0.3 is 0 Å². The van der Waals surface area contributed by atoms with E-state index in [9.17, 15) is 0 Å². The molecule has 1 aromatic carbocycles. The molecule has 0 unspecified atom stereocenters. The van der Waals surface area contributed by atoms with Gasteiger partial charge in [-0.15, -0.1) is 0 Å². The molecule has 0 spiro atoms. The highest BCUT2D eigenvalue weighted by atomic mass is 16.5. The lowest BCUT2D eigenvalue weighted by atomic mass is 10.2. The predicted octanol–water partition coefficient (Wildman–Crippen LogP) is 3.09. The number of anilines is 1. The molecule has 2 heterocycles. The average molecular weight is 270 g/mol. The van der Waals surface area contributed by atoms with E-state index in [0.717, 1.165) is 34.0 Å². The van der Waals surface area contributed by atoms with Gasteiger partial charge in [-0.25, -0.2) is 4.98 Å². The predicted molar refractivity (Wildman–Crippen MR) is 78.6 cm³/mol. The van der Waals surface area contributed by atoms with Crippen LogP contribution in [0.3, 0.4) is 0 Å². The Labute approximate surface area is 117 Å². The monoisotopic (exact) mass is 270 g/mol. The van der Waals surface area contributed by atoms with E-state index in [1.165, 1.54) is 0 Å². The van der Waals surface area contributed by atoms with Gasteiger partial charge in [-0.05, 0) is 25.1 Å². The lowest BCUT2D eigenvalue weighted by Gasteiger charge is -2.09. The molecular weight excluding hydrogens is 252 g/mol. The normalized spacial score (nSPS) is 11.6. The van der Waals surface area contributed by atoms with Crippen molar-refractivity contribution in [3.05, 3.63) is 41.5 Å². The van der Waals surface area contributed by atoms with E-state index in [1.54, 1.807) is 0 Å². The molecule has 2 N–H and O–H groups in total. The zero-order valence-corrected chi connectivity index (χ0v) is 11.9. The number of aryl methyl sites for hydroxylation is 1. The summed E-state index contributed by atoms with van der Waals surface area (Å²) in [5.41, 5.74) is 9.47. The number of nitrogens with zero attached hydrogens (tertiary/aromatic N) is 3. The van der Waals surface area contributed by atoms with Crippen molar-refractivity contribution in [3.8, 4) is 0 Å². The van der Waals surface area contributed by atoms with Crippen LogP contribution < -0.4 is 5.73 Å². The molecule has 0 aliphatic rings. The SMILES string of the molecule is Cc1cc(Cn2c(C(C)C)nc3cc(N)ccc32)no1. The zero-order valence-electron chi connectivity index (χ0n) is 11.9. The molecule has 3 rings (SSSR count). The molecule has 5 heteroatoms. The van der Waals surface area contributed by atoms with E-state index in [1.807, 2.05) is 31.2 Å². The van der Waals surface area contributed by atoms with Crippen molar-refractivity contribution >= 4 is 16.7 Å². The molecule has 3 aromatic rings. The Kier molecular flexibility index (Phi) is 2.97. The van der Waals surface area contributed by atoms with E-state index in [0.29, 0.717) is 12.5 Å². The van der Waals surface area contributed by atoms with Crippen molar-refractivity contribution in [2.24, 2.45) is 0 Å². The summed E-state index contributed by atoms with van der Waals surface area (Å²) < 4.78 is 7.32. The molecule has 0 aliphatic heterocycles. The van der Waals surface area contributed by atoms with Crippen LogP contribution in [0.15, 0.2) is 28.8 Å². The lowest BCUT2D eigenvalue weighted by molar-refractivity contribution is 0.389. The fourth-order valence-electron chi connectivity index (χ4n) is 2.43. The lowest BCUT2D eigenvalue weighted by Crippen LogP contribution is -2.06. The second-order valence-corrected chi connectivity index (χ2v) is 5.39. The van der Waals surface area contributed by atoms with Crippen LogP contribution in [0.4, 0.5) is 5.69 Å². The van der Waals surface area contributed by atoms with Crippen LogP contribution in [-0.2, 0) is 6.54 Å². The molecule has 0 bridgehead atoms. The summed E-state index contributed by atoms with van der Waals surface area (Å²) in [4.78, 5) is 4.70. The highest BCUT2D eigenvalue weighted by Crippen LogP contribution is 2.24. The minimum atomic E-state index is 0.330.